The first-order valence-electron chi connectivity index (χ1n) is 5.94. The normalized spacial score (nSPS) is 11.3. The fourth-order valence-electron chi connectivity index (χ4n) is 2.02. The monoisotopic (exact) mass is 210 g/mol. The summed E-state index contributed by atoms with van der Waals surface area (Å²) in [6, 6.07) is 0.479. The van der Waals surface area contributed by atoms with Crippen molar-refractivity contribution in [1.29, 1.82) is 0 Å². The summed E-state index contributed by atoms with van der Waals surface area (Å²) < 4.78 is 2.11. The molecule has 0 aliphatic heterocycles. The second kappa shape index (κ2) is 5.91. The number of nitrogens with zero attached hydrogens (tertiary/aromatic N) is 2. The Labute approximate surface area is 92.1 Å². The quantitative estimate of drug-likeness (QED) is 0.784. The van der Waals surface area contributed by atoms with Gasteiger partial charge < -0.3 is 5.11 Å². The molecule has 1 rings (SSSR count). The topological polar surface area (TPSA) is 38.1 Å². The van der Waals surface area contributed by atoms with E-state index in [1.54, 1.807) is 0 Å². The van der Waals surface area contributed by atoms with Crippen molar-refractivity contribution in [1.82, 2.24) is 9.78 Å². The van der Waals surface area contributed by atoms with Crippen molar-refractivity contribution in [2.45, 2.75) is 59.1 Å². The highest BCUT2D eigenvalue weighted by atomic mass is 16.3. The molecule has 1 N–H and O–H groups in total. The number of aliphatic hydroxyl groups is 1. The van der Waals surface area contributed by atoms with E-state index in [1.807, 2.05) is 6.20 Å². The zero-order chi connectivity index (χ0) is 11.3. The zero-order valence-electron chi connectivity index (χ0n) is 10.0. The predicted octanol–water partition coefficient (Wildman–Crippen LogP) is 2.69. The highest BCUT2D eigenvalue weighted by Crippen LogP contribution is 2.21. The molecule has 1 heterocycles. The average Bonchev–Trinajstić information content (AvgIpc) is 2.64. The minimum atomic E-state index is 0.107. The van der Waals surface area contributed by atoms with Crippen LogP contribution in [0.1, 0.15) is 57.3 Å². The van der Waals surface area contributed by atoms with Crippen molar-refractivity contribution in [3.05, 3.63) is 17.5 Å². The van der Waals surface area contributed by atoms with Gasteiger partial charge in [0, 0.05) is 11.3 Å². The van der Waals surface area contributed by atoms with E-state index in [4.69, 9.17) is 0 Å². The van der Waals surface area contributed by atoms with Gasteiger partial charge in [0.05, 0.1) is 18.8 Å². The highest BCUT2D eigenvalue weighted by molar-refractivity contribution is 5.17. The fraction of sp³-hybridized carbons (Fsp3) is 0.750. The number of hydrogen-bond donors (Lipinski definition) is 1. The highest BCUT2D eigenvalue weighted by Gasteiger charge is 2.14. The minimum absolute atomic E-state index is 0.107. The third-order valence-electron chi connectivity index (χ3n) is 2.93. The van der Waals surface area contributed by atoms with Crippen molar-refractivity contribution in [2.24, 2.45) is 0 Å². The van der Waals surface area contributed by atoms with E-state index in [2.05, 4.69) is 30.6 Å². The van der Waals surface area contributed by atoms with E-state index in [-0.39, 0.29) is 6.61 Å². The standard InChI is InChI=1S/C12H22N2O/c1-4-7-12-10(9-15)8-13-14(12)11(5-2)6-3/h8,11,15H,4-7,9H2,1-3H3. The van der Waals surface area contributed by atoms with Crippen LogP contribution in [0.5, 0.6) is 0 Å². The lowest BCUT2D eigenvalue weighted by Crippen LogP contribution is -2.12. The van der Waals surface area contributed by atoms with Gasteiger partial charge in [0.1, 0.15) is 0 Å². The molecule has 0 fully saturated rings. The second-order valence-electron chi connectivity index (χ2n) is 3.94. The maximum atomic E-state index is 9.23. The Kier molecular flexibility index (Phi) is 4.82. The lowest BCUT2D eigenvalue weighted by atomic mass is 10.1. The smallest absolute Gasteiger partial charge is 0.0715 e. The molecule has 15 heavy (non-hydrogen) atoms. The zero-order valence-corrected chi connectivity index (χ0v) is 10.0. The summed E-state index contributed by atoms with van der Waals surface area (Å²) >= 11 is 0. The first-order valence-corrected chi connectivity index (χ1v) is 5.94. The molecular formula is C12H22N2O. The average molecular weight is 210 g/mol. The van der Waals surface area contributed by atoms with Crippen molar-refractivity contribution < 1.29 is 5.11 Å². The molecule has 3 nitrogen and oxygen atoms in total. The molecule has 0 atom stereocenters. The van der Waals surface area contributed by atoms with Gasteiger partial charge in [0.15, 0.2) is 0 Å². The van der Waals surface area contributed by atoms with E-state index in [0.29, 0.717) is 6.04 Å². The van der Waals surface area contributed by atoms with E-state index in [0.717, 1.165) is 31.2 Å². The lowest BCUT2D eigenvalue weighted by Gasteiger charge is -2.17. The summed E-state index contributed by atoms with van der Waals surface area (Å²) in [6.07, 6.45) is 6.11. The van der Waals surface area contributed by atoms with Crippen LogP contribution in [0, 0.1) is 0 Å². The molecule has 3 heteroatoms. The maximum Gasteiger partial charge on any atom is 0.0715 e. The van der Waals surface area contributed by atoms with Crippen LogP contribution < -0.4 is 0 Å². The molecule has 0 amide bonds. The molecule has 0 saturated heterocycles. The molecule has 0 unspecified atom stereocenters. The first kappa shape index (κ1) is 12.2. The van der Waals surface area contributed by atoms with Crippen molar-refractivity contribution in [3.63, 3.8) is 0 Å². The van der Waals surface area contributed by atoms with E-state index in [9.17, 15) is 5.11 Å². The van der Waals surface area contributed by atoms with Gasteiger partial charge in [0.2, 0.25) is 0 Å². The van der Waals surface area contributed by atoms with Gasteiger partial charge in [-0.25, -0.2) is 0 Å². The predicted molar refractivity (Wildman–Crippen MR) is 61.8 cm³/mol. The molecule has 0 radical (unpaired) electrons. The number of rotatable bonds is 6. The van der Waals surface area contributed by atoms with Gasteiger partial charge in [-0.2, -0.15) is 5.10 Å². The Hall–Kier alpha value is -0.830. The van der Waals surface area contributed by atoms with Crippen molar-refractivity contribution >= 4 is 0 Å². The Morgan fingerprint density at radius 2 is 2.00 bits per heavy atom. The van der Waals surface area contributed by atoms with Crippen LogP contribution in [0.3, 0.4) is 0 Å². The minimum Gasteiger partial charge on any atom is -0.392 e. The number of hydrogen-bond acceptors (Lipinski definition) is 2. The van der Waals surface area contributed by atoms with Crippen molar-refractivity contribution in [2.75, 3.05) is 0 Å². The maximum absolute atomic E-state index is 9.23. The lowest BCUT2D eigenvalue weighted by molar-refractivity contribution is 0.279. The Bertz CT molecular complexity index is 290. The fourth-order valence-corrected chi connectivity index (χ4v) is 2.02. The SMILES string of the molecule is CCCc1c(CO)cnn1C(CC)CC. The van der Waals surface area contributed by atoms with Gasteiger partial charge in [-0.15, -0.1) is 0 Å². The summed E-state index contributed by atoms with van der Waals surface area (Å²) in [5.41, 5.74) is 2.21. The van der Waals surface area contributed by atoms with Crippen LogP contribution in [-0.4, -0.2) is 14.9 Å². The Balaban J connectivity index is 2.99. The number of aliphatic hydroxyl groups excluding tert-OH is 1. The molecule has 0 spiro atoms. The third-order valence-corrected chi connectivity index (χ3v) is 2.93. The van der Waals surface area contributed by atoms with E-state index in [1.165, 1.54) is 5.69 Å². The summed E-state index contributed by atoms with van der Waals surface area (Å²) in [5.74, 6) is 0. The van der Waals surface area contributed by atoms with E-state index < -0.39 is 0 Å². The van der Waals surface area contributed by atoms with Crippen LogP contribution in [0.15, 0.2) is 6.20 Å². The van der Waals surface area contributed by atoms with Crippen LogP contribution in [-0.2, 0) is 13.0 Å². The van der Waals surface area contributed by atoms with Gasteiger partial charge in [0.25, 0.3) is 0 Å². The number of aromatic nitrogens is 2. The molecule has 0 aliphatic rings. The molecule has 0 saturated carbocycles. The summed E-state index contributed by atoms with van der Waals surface area (Å²) in [5, 5.41) is 13.6. The molecule has 1 aromatic heterocycles. The summed E-state index contributed by atoms with van der Waals surface area (Å²) in [7, 11) is 0. The van der Waals surface area contributed by atoms with Crippen molar-refractivity contribution in [3.8, 4) is 0 Å². The largest absolute Gasteiger partial charge is 0.392 e. The molecule has 0 bridgehead atoms. The Morgan fingerprint density at radius 3 is 2.47 bits per heavy atom. The van der Waals surface area contributed by atoms with Gasteiger partial charge in [-0.3, -0.25) is 4.68 Å². The Morgan fingerprint density at radius 1 is 1.33 bits per heavy atom. The molecule has 1 aromatic rings. The molecule has 86 valence electrons. The molecule has 0 aliphatic carbocycles. The van der Waals surface area contributed by atoms with Gasteiger partial charge in [-0.1, -0.05) is 27.2 Å². The third kappa shape index (κ3) is 2.59. The van der Waals surface area contributed by atoms with Gasteiger partial charge in [-0.05, 0) is 19.3 Å². The second-order valence-corrected chi connectivity index (χ2v) is 3.94. The first-order chi connectivity index (χ1) is 7.28. The van der Waals surface area contributed by atoms with E-state index >= 15 is 0 Å². The van der Waals surface area contributed by atoms with Crippen LogP contribution >= 0.6 is 0 Å². The van der Waals surface area contributed by atoms with Crippen LogP contribution in [0.2, 0.25) is 0 Å². The summed E-state index contributed by atoms with van der Waals surface area (Å²) in [6.45, 7) is 6.63. The van der Waals surface area contributed by atoms with Crippen LogP contribution in [0.25, 0.3) is 0 Å². The van der Waals surface area contributed by atoms with Crippen LogP contribution in [0.4, 0.5) is 0 Å². The molecule has 0 aromatic carbocycles. The summed E-state index contributed by atoms with van der Waals surface area (Å²) in [4.78, 5) is 0. The van der Waals surface area contributed by atoms with Gasteiger partial charge >= 0.3 is 0 Å². The molecular weight excluding hydrogens is 188 g/mol.